The van der Waals surface area contributed by atoms with Gasteiger partial charge < -0.3 is 0 Å². The molecule has 0 fully saturated rings. The van der Waals surface area contributed by atoms with Crippen LogP contribution in [0.25, 0.3) is 0 Å². The summed E-state index contributed by atoms with van der Waals surface area (Å²) < 4.78 is 32.3. The third-order valence-corrected chi connectivity index (χ3v) is 1.60. The van der Waals surface area contributed by atoms with Gasteiger partial charge in [0.1, 0.15) is 0 Å². The monoisotopic (exact) mass is 171 g/mol. The SMILES string of the molecule is [2H]c1cc([2H])c([As]=O)c([2H])c1. The molecule has 0 N–H and O–H groups in total. The molecule has 0 atom stereocenters. The number of rotatable bonds is 1. The Labute approximate surface area is 58.8 Å². The Morgan fingerprint density at radius 1 is 1.50 bits per heavy atom. The Hall–Kier alpha value is -0.422. The van der Waals surface area contributed by atoms with Gasteiger partial charge >= 0.3 is 58.2 Å². The zero-order valence-electron chi connectivity index (χ0n) is 7.01. The van der Waals surface area contributed by atoms with E-state index in [0.29, 0.717) is 0 Å². The van der Waals surface area contributed by atoms with Crippen LogP contribution in [0.15, 0.2) is 30.3 Å². The fourth-order valence-electron chi connectivity index (χ4n) is 0.356. The van der Waals surface area contributed by atoms with E-state index in [-0.39, 0.29) is 22.5 Å². The molecular weight excluding hydrogens is 163 g/mol. The van der Waals surface area contributed by atoms with Crippen LogP contribution in [0.1, 0.15) is 4.11 Å². The Bertz CT molecular complexity index is 277. The van der Waals surface area contributed by atoms with Gasteiger partial charge in [-0.05, 0) is 0 Å². The molecule has 1 aromatic carbocycles. The molecule has 2 heteroatoms. The molecule has 0 saturated heterocycles. The minimum absolute atomic E-state index is 0.0394. The van der Waals surface area contributed by atoms with E-state index < -0.39 is 15.7 Å². The Morgan fingerprint density at radius 2 is 2.12 bits per heavy atom. The summed E-state index contributed by atoms with van der Waals surface area (Å²) in [6.45, 7) is 0. The van der Waals surface area contributed by atoms with Crippen LogP contribution in [-0.4, -0.2) is 15.7 Å². The number of hydrogen-bond donors (Lipinski definition) is 0. The van der Waals surface area contributed by atoms with E-state index >= 15 is 0 Å². The van der Waals surface area contributed by atoms with Crippen molar-refractivity contribution >= 4 is 20.0 Å². The summed E-state index contributed by atoms with van der Waals surface area (Å²) in [7, 11) is 0. The topological polar surface area (TPSA) is 17.1 Å². The molecule has 0 aliphatic heterocycles. The summed E-state index contributed by atoms with van der Waals surface area (Å²) in [5.74, 6) is 0. The summed E-state index contributed by atoms with van der Waals surface area (Å²) in [6.07, 6.45) is 0. The van der Waals surface area contributed by atoms with Crippen LogP contribution >= 0.6 is 0 Å². The van der Waals surface area contributed by atoms with E-state index in [1.807, 2.05) is 0 Å². The van der Waals surface area contributed by atoms with E-state index in [2.05, 4.69) is 0 Å². The van der Waals surface area contributed by atoms with Gasteiger partial charge in [-0.2, -0.15) is 0 Å². The minimum atomic E-state index is -1.32. The molecule has 1 rings (SSSR count). The zero-order chi connectivity index (χ0) is 8.43. The van der Waals surface area contributed by atoms with Crippen molar-refractivity contribution in [2.75, 3.05) is 0 Å². The van der Waals surface area contributed by atoms with Gasteiger partial charge in [-0.3, -0.25) is 0 Å². The molecule has 0 bridgehead atoms. The first-order chi connectivity index (χ1) is 5.15. The summed E-state index contributed by atoms with van der Waals surface area (Å²) in [5.41, 5.74) is 0. The van der Waals surface area contributed by atoms with Gasteiger partial charge in [0.05, 0.1) is 0 Å². The van der Waals surface area contributed by atoms with E-state index in [1.54, 1.807) is 0 Å². The van der Waals surface area contributed by atoms with Gasteiger partial charge in [0.25, 0.3) is 0 Å². The number of hydrogen-bond acceptors (Lipinski definition) is 1. The van der Waals surface area contributed by atoms with E-state index in [9.17, 15) is 3.74 Å². The van der Waals surface area contributed by atoms with Crippen molar-refractivity contribution in [3.8, 4) is 0 Å². The fraction of sp³-hybridized carbons (Fsp3) is 0. The molecule has 0 heterocycles. The van der Waals surface area contributed by atoms with Gasteiger partial charge in [-0.25, -0.2) is 0 Å². The molecule has 0 unspecified atom stereocenters. The first-order valence-electron chi connectivity index (χ1n) is 3.56. The van der Waals surface area contributed by atoms with Gasteiger partial charge in [0.2, 0.25) is 0 Å². The standard InChI is InChI=1S/C6H5AsO/c8-7-6-4-2-1-3-5-6/h1-5H/i1D,4D,5D. The van der Waals surface area contributed by atoms with Crippen LogP contribution in [0.3, 0.4) is 0 Å². The van der Waals surface area contributed by atoms with Crippen LogP contribution in [0.4, 0.5) is 0 Å². The predicted molar refractivity (Wildman–Crippen MR) is 32.5 cm³/mol. The molecule has 0 saturated carbocycles. The van der Waals surface area contributed by atoms with Gasteiger partial charge in [-0.1, -0.05) is 0 Å². The van der Waals surface area contributed by atoms with Crippen molar-refractivity contribution < 1.29 is 7.85 Å². The molecule has 0 spiro atoms. The van der Waals surface area contributed by atoms with Crippen LogP contribution in [0.5, 0.6) is 0 Å². The van der Waals surface area contributed by atoms with Crippen LogP contribution in [-0.2, 0) is 3.74 Å². The Balaban J connectivity index is 3.36. The second kappa shape index (κ2) is 2.78. The summed E-state index contributed by atoms with van der Waals surface area (Å²) in [5, 5.41) is 0. The molecule has 0 aliphatic rings. The van der Waals surface area contributed by atoms with Gasteiger partial charge in [0.15, 0.2) is 0 Å². The van der Waals surface area contributed by atoms with Crippen molar-refractivity contribution in [2.24, 2.45) is 0 Å². The Kier molecular flexibility index (Phi) is 1.02. The van der Waals surface area contributed by atoms with E-state index in [0.717, 1.165) is 0 Å². The molecule has 0 radical (unpaired) electrons. The molecule has 0 aromatic heterocycles. The van der Waals surface area contributed by atoms with Crippen molar-refractivity contribution in [1.29, 1.82) is 0 Å². The zero-order valence-corrected chi connectivity index (χ0v) is 5.89. The quantitative estimate of drug-likeness (QED) is 0.557. The second-order valence-corrected chi connectivity index (χ2v) is 2.51. The van der Waals surface area contributed by atoms with Crippen molar-refractivity contribution in [2.45, 2.75) is 0 Å². The molecule has 40 valence electrons. The van der Waals surface area contributed by atoms with E-state index in [4.69, 9.17) is 4.11 Å². The maximum absolute atomic E-state index is 10.5. The average molecular weight is 171 g/mol. The summed E-state index contributed by atoms with van der Waals surface area (Å²) >= 11 is -1.32. The molecular formula is C6H5AsO. The average Bonchev–Trinajstić information content (AvgIpc) is 1.85. The van der Waals surface area contributed by atoms with Crippen molar-refractivity contribution in [3.63, 3.8) is 0 Å². The van der Waals surface area contributed by atoms with Gasteiger partial charge in [0, 0.05) is 0 Å². The third-order valence-electron chi connectivity index (χ3n) is 0.676. The van der Waals surface area contributed by atoms with Crippen molar-refractivity contribution in [3.05, 3.63) is 30.3 Å². The van der Waals surface area contributed by atoms with E-state index in [1.165, 1.54) is 12.1 Å². The van der Waals surface area contributed by atoms with Gasteiger partial charge in [-0.15, -0.1) is 0 Å². The molecule has 1 nitrogen and oxygen atoms in total. The van der Waals surface area contributed by atoms with Crippen LogP contribution in [0, 0.1) is 0 Å². The molecule has 8 heavy (non-hydrogen) atoms. The first-order valence-corrected chi connectivity index (χ1v) is 3.77. The number of benzene rings is 1. The molecule has 0 amide bonds. The van der Waals surface area contributed by atoms with Crippen LogP contribution in [0.2, 0.25) is 0 Å². The van der Waals surface area contributed by atoms with Crippen LogP contribution < -0.4 is 4.35 Å². The first kappa shape index (κ1) is 2.93. The molecule has 1 aromatic rings. The Morgan fingerprint density at radius 3 is 2.62 bits per heavy atom. The summed E-state index contributed by atoms with van der Waals surface area (Å²) in [4.78, 5) is 0. The predicted octanol–water partition coefficient (Wildman–Crippen LogP) is 0.362. The fourth-order valence-corrected chi connectivity index (χ4v) is 0.848. The summed E-state index contributed by atoms with van der Waals surface area (Å²) in [6, 6.07) is 2.79. The third kappa shape index (κ3) is 1.27. The second-order valence-electron chi connectivity index (χ2n) is 1.18. The van der Waals surface area contributed by atoms with Crippen molar-refractivity contribution in [1.82, 2.24) is 0 Å². The normalized spacial score (nSPS) is 14.8. The molecule has 0 aliphatic carbocycles. The maximum atomic E-state index is 10.5.